The van der Waals surface area contributed by atoms with Crippen LogP contribution >= 0.6 is 0 Å². The molecule has 4 heteroatoms. The Morgan fingerprint density at radius 3 is 2.67 bits per heavy atom. The van der Waals surface area contributed by atoms with Crippen LogP contribution < -0.4 is 0 Å². The predicted octanol–water partition coefficient (Wildman–Crippen LogP) is 1.00. The summed E-state index contributed by atoms with van der Waals surface area (Å²) in [7, 11) is 1.22. The molecule has 0 spiro atoms. The third-order valence-electron chi connectivity index (χ3n) is 2.67. The van der Waals surface area contributed by atoms with E-state index in [1.54, 1.807) is 6.07 Å². The van der Waals surface area contributed by atoms with Crippen molar-refractivity contribution in [1.82, 2.24) is 0 Å². The van der Waals surface area contributed by atoms with Crippen LogP contribution in [-0.4, -0.2) is 19.1 Å². The second-order valence-electron chi connectivity index (χ2n) is 3.44. The average Bonchev–Trinajstić information content (AvgIpc) is 3.09. The van der Waals surface area contributed by atoms with Crippen molar-refractivity contribution in [2.24, 2.45) is 11.3 Å². The summed E-state index contributed by atoms with van der Waals surface area (Å²) in [6.45, 7) is 6.91. The highest BCUT2D eigenvalue weighted by Gasteiger charge is 2.60. The minimum atomic E-state index is -1.37. The Balaban J connectivity index is 3.18. The topological polar surface area (TPSA) is 54.5 Å². The zero-order valence-electron chi connectivity index (χ0n) is 8.36. The van der Waals surface area contributed by atoms with E-state index in [0.717, 1.165) is 12.8 Å². The number of carbonyl (C=O) groups is 1. The van der Waals surface area contributed by atoms with Crippen LogP contribution in [-0.2, 0) is 9.53 Å². The van der Waals surface area contributed by atoms with Gasteiger partial charge in [0, 0.05) is 0 Å². The van der Waals surface area contributed by atoms with E-state index >= 15 is 0 Å². The lowest BCUT2D eigenvalue weighted by Gasteiger charge is -2.22. The van der Waals surface area contributed by atoms with Crippen LogP contribution in [0.25, 0.3) is 4.85 Å². The van der Waals surface area contributed by atoms with Gasteiger partial charge in [0.25, 0.3) is 0 Å². The molecule has 1 fully saturated rings. The monoisotopic (exact) mass is 202 g/mol. The predicted molar refractivity (Wildman–Crippen MR) is 52.0 cm³/mol. The summed E-state index contributed by atoms with van der Waals surface area (Å²) in [5.41, 5.74) is -1.37. The summed E-state index contributed by atoms with van der Waals surface area (Å²) in [6.07, 6.45) is 6.87. The summed E-state index contributed by atoms with van der Waals surface area (Å²) < 4.78 is 4.62. The summed E-state index contributed by atoms with van der Waals surface area (Å²) in [6, 6.07) is 0.632. The van der Waals surface area contributed by atoms with Crippen LogP contribution in [0, 0.1) is 41.6 Å². The largest absolute Gasteiger partial charge is 0.468 e. The SMILES string of the molecule is [C-]#[N+]C(C#N)C(C#C)(C(=O)OC)C1CC1. The minimum absolute atomic E-state index is 0.0892. The first-order valence-corrected chi connectivity index (χ1v) is 4.49. The molecule has 1 aliphatic rings. The van der Waals surface area contributed by atoms with E-state index in [1.807, 2.05) is 0 Å². The third kappa shape index (κ3) is 1.53. The molecule has 0 aliphatic heterocycles. The normalized spacial score (nSPS) is 19.9. The van der Waals surface area contributed by atoms with Crippen molar-refractivity contribution in [2.45, 2.75) is 18.9 Å². The van der Waals surface area contributed by atoms with Crippen LogP contribution in [0.4, 0.5) is 0 Å². The molecule has 15 heavy (non-hydrogen) atoms. The van der Waals surface area contributed by atoms with Crippen LogP contribution in [0.1, 0.15) is 12.8 Å². The van der Waals surface area contributed by atoms with E-state index in [2.05, 4.69) is 15.5 Å². The molecule has 0 aromatic rings. The van der Waals surface area contributed by atoms with Crippen LogP contribution in [0.15, 0.2) is 0 Å². The molecule has 0 aromatic heterocycles. The fourth-order valence-corrected chi connectivity index (χ4v) is 1.70. The highest BCUT2D eigenvalue weighted by molar-refractivity contribution is 5.83. The van der Waals surface area contributed by atoms with Gasteiger partial charge in [-0.25, -0.2) is 6.57 Å². The number of nitrogens with zero attached hydrogens (tertiary/aromatic N) is 2. The van der Waals surface area contributed by atoms with Crippen molar-refractivity contribution in [1.29, 1.82) is 5.26 Å². The highest BCUT2D eigenvalue weighted by atomic mass is 16.5. The third-order valence-corrected chi connectivity index (χ3v) is 2.67. The van der Waals surface area contributed by atoms with Gasteiger partial charge in [0.05, 0.1) is 7.11 Å². The Hall–Kier alpha value is -1.99. The Kier molecular flexibility index (Phi) is 2.98. The van der Waals surface area contributed by atoms with E-state index in [0.29, 0.717) is 0 Å². The van der Waals surface area contributed by atoms with E-state index in [1.165, 1.54) is 7.11 Å². The van der Waals surface area contributed by atoms with Gasteiger partial charge in [-0.1, -0.05) is 5.92 Å². The molecule has 1 rings (SSSR count). The molecule has 2 unspecified atom stereocenters. The minimum Gasteiger partial charge on any atom is -0.468 e. The van der Waals surface area contributed by atoms with Crippen LogP contribution in [0.3, 0.4) is 0 Å². The molecule has 76 valence electrons. The quantitative estimate of drug-likeness (QED) is 0.389. The lowest BCUT2D eigenvalue weighted by molar-refractivity contribution is -0.150. The molecule has 1 saturated carbocycles. The van der Waals surface area contributed by atoms with Gasteiger partial charge in [-0.05, 0) is 18.8 Å². The van der Waals surface area contributed by atoms with Gasteiger partial charge in [-0.2, -0.15) is 5.26 Å². The molecule has 0 saturated heterocycles. The summed E-state index contributed by atoms with van der Waals surface area (Å²) in [5.74, 6) is 1.59. The smallest absolute Gasteiger partial charge is 0.334 e. The second-order valence-corrected chi connectivity index (χ2v) is 3.44. The molecule has 0 bridgehead atoms. The number of esters is 1. The van der Waals surface area contributed by atoms with Crippen LogP contribution in [0.2, 0.25) is 0 Å². The summed E-state index contributed by atoms with van der Waals surface area (Å²) in [4.78, 5) is 14.8. The second kappa shape index (κ2) is 4.03. The summed E-state index contributed by atoms with van der Waals surface area (Å²) in [5, 5.41) is 8.85. The van der Waals surface area contributed by atoms with Crippen molar-refractivity contribution in [3.05, 3.63) is 11.4 Å². The van der Waals surface area contributed by atoms with Crippen molar-refractivity contribution in [3.8, 4) is 18.4 Å². The first-order chi connectivity index (χ1) is 7.17. The van der Waals surface area contributed by atoms with E-state index in [-0.39, 0.29) is 5.92 Å². The first-order valence-electron chi connectivity index (χ1n) is 4.49. The molecule has 0 amide bonds. The fraction of sp³-hybridized carbons (Fsp3) is 0.545. The zero-order valence-corrected chi connectivity index (χ0v) is 8.36. The Morgan fingerprint density at radius 1 is 1.80 bits per heavy atom. The summed E-state index contributed by atoms with van der Waals surface area (Å²) >= 11 is 0. The molecule has 0 N–H and O–H groups in total. The van der Waals surface area contributed by atoms with Gasteiger partial charge in [-0.3, -0.25) is 9.64 Å². The van der Waals surface area contributed by atoms with Gasteiger partial charge < -0.3 is 4.74 Å². The molecule has 0 radical (unpaired) electrons. The first kappa shape index (κ1) is 11.1. The van der Waals surface area contributed by atoms with Crippen LogP contribution in [0.5, 0.6) is 0 Å². The number of carbonyl (C=O) groups excluding carboxylic acids is 1. The van der Waals surface area contributed by atoms with Gasteiger partial charge >= 0.3 is 12.0 Å². The number of methoxy groups -OCH3 is 1. The molecule has 4 nitrogen and oxygen atoms in total. The zero-order chi connectivity index (χ0) is 11.5. The maximum atomic E-state index is 11.6. The van der Waals surface area contributed by atoms with Crippen molar-refractivity contribution < 1.29 is 9.53 Å². The lowest BCUT2D eigenvalue weighted by atomic mass is 9.77. The molecule has 1 aliphatic carbocycles. The number of hydrogen-bond acceptors (Lipinski definition) is 3. The van der Waals surface area contributed by atoms with E-state index in [9.17, 15) is 4.79 Å². The van der Waals surface area contributed by atoms with E-state index < -0.39 is 17.4 Å². The van der Waals surface area contributed by atoms with Crippen molar-refractivity contribution >= 4 is 5.97 Å². The van der Waals surface area contributed by atoms with Crippen molar-refractivity contribution in [3.63, 3.8) is 0 Å². The Bertz CT molecular complexity index is 378. The van der Waals surface area contributed by atoms with Gasteiger partial charge in [0.15, 0.2) is 6.07 Å². The lowest BCUT2D eigenvalue weighted by Crippen LogP contribution is -2.42. The maximum Gasteiger partial charge on any atom is 0.334 e. The number of rotatable bonds is 3. The Morgan fingerprint density at radius 2 is 2.40 bits per heavy atom. The van der Waals surface area contributed by atoms with Crippen molar-refractivity contribution in [2.75, 3.05) is 7.11 Å². The molecular formula is C11H10N2O2. The Labute approximate surface area is 88.7 Å². The standard InChI is InChI=1S/C11H10N2O2/c1-4-11(8-5-6-8,10(14)15-3)9(7-12)13-2/h1,8-9H,5-6H2,3H3. The molecule has 0 heterocycles. The number of hydrogen-bond donors (Lipinski definition) is 0. The van der Waals surface area contributed by atoms with E-state index in [4.69, 9.17) is 18.3 Å². The maximum absolute atomic E-state index is 11.6. The average molecular weight is 202 g/mol. The number of ether oxygens (including phenoxy) is 1. The fourth-order valence-electron chi connectivity index (χ4n) is 1.70. The molecule has 2 atom stereocenters. The molecular weight excluding hydrogens is 192 g/mol. The number of nitriles is 1. The van der Waals surface area contributed by atoms with Gasteiger partial charge in [0.1, 0.15) is 0 Å². The number of terminal acetylenes is 1. The van der Waals surface area contributed by atoms with Gasteiger partial charge in [0.2, 0.25) is 5.41 Å². The molecule has 0 aromatic carbocycles. The highest BCUT2D eigenvalue weighted by Crippen LogP contribution is 2.49. The van der Waals surface area contributed by atoms with Gasteiger partial charge in [-0.15, -0.1) is 6.42 Å².